The molecule has 0 aliphatic heterocycles. The van der Waals surface area contributed by atoms with E-state index in [0.29, 0.717) is 0 Å². The molecule has 0 aliphatic carbocycles. The van der Waals surface area contributed by atoms with E-state index < -0.39 is 8.07 Å². The van der Waals surface area contributed by atoms with Crippen molar-refractivity contribution in [3.8, 4) is 0 Å². The van der Waals surface area contributed by atoms with Crippen LogP contribution in [0.2, 0.25) is 23.4 Å². The Morgan fingerprint density at radius 1 is 0.800 bits per heavy atom. The van der Waals surface area contributed by atoms with Gasteiger partial charge in [0.25, 0.3) is 0 Å². The Morgan fingerprint density at radius 3 is 1.27 bits per heavy atom. The molecule has 0 aromatic carbocycles. The Morgan fingerprint density at radius 2 is 1.07 bits per heavy atom. The maximum Gasteiger partial charge on any atom is 0.0907 e. The van der Waals surface area contributed by atoms with Crippen molar-refractivity contribution in [2.75, 3.05) is 0 Å². The van der Waals surface area contributed by atoms with Crippen LogP contribution in [0, 0.1) is 0 Å². The molecule has 0 radical (unpaired) electrons. The molecule has 92 valence electrons. The molecule has 0 saturated heterocycles. The van der Waals surface area contributed by atoms with Gasteiger partial charge in [-0.25, -0.2) is 0 Å². The quantitative estimate of drug-likeness (QED) is 0.513. The monoisotopic (exact) mass is 340 g/mol. The van der Waals surface area contributed by atoms with Crippen LogP contribution in [0.3, 0.4) is 0 Å². The van der Waals surface area contributed by atoms with E-state index in [0.717, 1.165) is 10.3 Å². The highest BCUT2D eigenvalue weighted by atomic mass is 35.5. The topological polar surface area (TPSA) is 0 Å². The highest BCUT2D eigenvalue weighted by Gasteiger charge is 2.35. The van der Waals surface area contributed by atoms with E-state index in [9.17, 15) is 0 Å². The number of hydrogen-bond acceptors (Lipinski definition) is 0. The molecule has 0 nitrogen and oxygen atoms in total. The van der Waals surface area contributed by atoms with E-state index in [1.165, 1.54) is 0 Å². The second kappa shape index (κ2) is 7.29. The van der Waals surface area contributed by atoms with Crippen LogP contribution in [0.4, 0.5) is 0 Å². The van der Waals surface area contributed by atoms with Crippen molar-refractivity contribution in [1.29, 1.82) is 0 Å². The predicted octanol–water partition coefficient (Wildman–Crippen LogP) is 3.25. The number of rotatable bonds is 6. The maximum atomic E-state index is 5.90. The zero-order chi connectivity index (χ0) is 12.2. The van der Waals surface area contributed by atoms with Gasteiger partial charge in [0.1, 0.15) is 0 Å². The summed E-state index contributed by atoms with van der Waals surface area (Å²) in [5.41, 5.74) is 0. The minimum atomic E-state index is -1.25. The van der Waals surface area contributed by atoms with Crippen molar-refractivity contribution in [3.63, 3.8) is 0 Å². The Balaban J connectivity index is 4.36. The van der Waals surface area contributed by atoms with Crippen LogP contribution >= 0.6 is 46.4 Å². The maximum absolute atomic E-state index is 5.90. The average molecular weight is 342 g/mol. The Labute approximate surface area is 119 Å². The molecule has 15 heavy (non-hydrogen) atoms. The summed E-state index contributed by atoms with van der Waals surface area (Å²) in [6.07, 6.45) is 0. The molecule has 0 fully saturated rings. The first-order valence-corrected chi connectivity index (χ1v) is 13.4. The lowest BCUT2D eigenvalue weighted by molar-refractivity contribution is 1.12. The van der Waals surface area contributed by atoms with Crippen LogP contribution < -0.4 is 0 Å². The first-order chi connectivity index (χ1) is 6.67. The van der Waals surface area contributed by atoms with Crippen LogP contribution in [0.1, 0.15) is 13.8 Å². The van der Waals surface area contributed by atoms with Gasteiger partial charge in [0.15, 0.2) is 0 Å². The van der Waals surface area contributed by atoms with Crippen LogP contribution in [0.15, 0.2) is 0 Å². The highest BCUT2D eigenvalue weighted by Crippen LogP contribution is 2.33. The van der Waals surface area contributed by atoms with Crippen molar-refractivity contribution in [3.05, 3.63) is 0 Å². The second-order valence-corrected chi connectivity index (χ2v) is 21.8. The summed E-state index contributed by atoms with van der Waals surface area (Å²) in [7, 11) is -2.01. The fourth-order valence-corrected chi connectivity index (χ4v) is 18.4. The lowest BCUT2D eigenvalue weighted by Crippen LogP contribution is -2.43. The predicted molar refractivity (Wildman–Crippen MR) is 84.4 cm³/mol. The molecule has 0 amide bonds. The molecule has 0 heterocycles. The molecule has 0 aromatic rings. The summed E-state index contributed by atoms with van der Waals surface area (Å²) in [6.45, 7) is 9.49. The lowest BCUT2D eigenvalue weighted by Gasteiger charge is -2.36. The van der Waals surface area contributed by atoms with E-state index in [2.05, 4.69) is 26.9 Å². The van der Waals surface area contributed by atoms with Crippen molar-refractivity contribution >= 4 is 73.5 Å². The minimum absolute atomic E-state index is 0.108. The van der Waals surface area contributed by atoms with Crippen LogP contribution in [0.25, 0.3) is 0 Å². The van der Waals surface area contributed by atoms with Gasteiger partial charge in [0.2, 0.25) is 0 Å². The van der Waals surface area contributed by atoms with Gasteiger partial charge in [-0.05, 0) is 0 Å². The molecule has 2 atom stereocenters. The van der Waals surface area contributed by atoms with E-state index in [1.54, 1.807) is 0 Å². The summed E-state index contributed by atoms with van der Waals surface area (Å²) >= 11 is 23.6. The SMILES string of the molecule is CC([SiH2]C(Cl)Cl)[Si](C)(C)C(C)[SiH2]C(Cl)Cl. The summed E-state index contributed by atoms with van der Waals surface area (Å²) in [4.78, 5) is 0. The number of hydrogen-bond donors (Lipinski definition) is 0. The summed E-state index contributed by atoms with van der Waals surface area (Å²) in [5.74, 6) is 0. The summed E-state index contributed by atoms with van der Waals surface area (Å²) in [5, 5.41) is 1.51. The Bertz CT molecular complexity index is 169. The molecule has 2 unspecified atom stereocenters. The van der Waals surface area contributed by atoms with Crippen LogP contribution in [-0.2, 0) is 0 Å². The third-order valence-corrected chi connectivity index (χ3v) is 20.7. The molecule has 0 saturated carbocycles. The lowest BCUT2D eigenvalue weighted by atomic mass is 10.9. The minimum Gasteiger partial charge on any atom is -0.110 e. The van der Waals surface area contributed by atoms with Crippen LogP contribution in [0.5, 0.6) is 0 Å². The fraction of sp³-hybridized carbons (Fsp3) is 1.00. The molecular formula is C8H20Cl4Si3. The van der Waals surface area contributed by atoms with Crippen LogP contribution in [-0.4, -0.2) is 36.0 Å². The molecule has 7 heteroatoms. The van der Waals surface area contributed by atoms with Crippen molar-refractivity contribution < 1.29 is 0 Å². The van der Waals surface area contributed by atoms with Gasteiger partial charge in [-0.1, -0.05) is 37.3 Å². The van der Waals surface area contributed by atoms with Gasteiger partial charge in [0.05, 0.1) is 28.0 Å². The average Bonchev–Trinajstić information content (AvgIpc) is 2.01. The molecule has 0 bridgehead atoms. The first kappa shape index (κ1) is 16.8. The third kappa shape index (κ3) is 6.34. The Hall–Kier alpha value is 1.81. The summed E-state index contributed by atoms with van der Waals surface area (Å²) < 4.78 is -0.216. The number of halogens is 4. The number of alkyl halides is 4. The van der Waals surface area contributed by atoms with E-state index in [1.807, 2.05) is 0 Å². The van der Waals surface area contributed by atoms with Gasteiger partial charge in [-0.2, -0.15) is 0 Å². The molecular weight excluding hydrogens is 322 g/mol. The van der Waals surface area contributed by atoms with E-state index >= 15 is 0 Å². The first-order valence-electron chi connectivity index (χ1n) is 5.24. The van der Waals surface area contributed by atoms with E-state index in [-0.39, 0.29) is 28.0 Å². The molecule has 0 aliphatic rings. The van der Waals surface area contributed by atoms with Crippen molar-refractivity contribution in [2.45, 2.75) is 46.2 Å². The standard InChI is InChI=1S/C8H20Cl4Si3/c1-5(13-7(9)10)15(3,4)6(2)14-8(11)12/h5-8H,13-14H2,1-4H3. The van der Waals surface area contributed by atoms with E-state index in [4.69, 9.17) is 46.4 Å². The van der Waals surface area contributed by atoms with Gasteiger partial charge >= 0.3 is 0 Å². The largest absolute Gasteiger partial charge is 0.110 e. The normalized spacial score (nSPS) is 18.8. The Kier molecular flexibility index (Phi) is 8.17. The summed E-state index contributed by atoms with van der Waals surface area (Å²) in [6, 6.07) is 0. The van der Waals surface area contributed by atoms with Gasteiger partial charge < -0.3 is 0 Å². The molecule has 0 aromatic heterocycles. The molecule has 0 rings (SSSR count). The molecule has 0 spiro atoms. The van der Waals surface area contributed by atoms with Crippen molar-refractivity contribution in [2.24, 2.45) is 0 Å². The second-order valence-electron chi connectivity index (χ2n) is 4.88. The van der Waals surface area contributed by atoms with Gasteiger partial charge in [0, 0.05) is 8.07 Å². The zero-order valence-electron chi connectivity index (χ0n) is 9.74. The smallest absolute Gasteiger partial charge is 0.0907 e. The fourth-order valence-electron chi connectivity index (χ4n) is 1.63. The molecule has 0 N–H and O–H groups in total. The third-order valence-electron chi connectivity index (χ3n) is 3.60. The van der Waals surface area contributed by atoms with Crippen molar-refractivity contribution in [1.82, 2.24) is 0 Å². The van der Waals surface area contributed by atoms with Gasteiger partial charge in [-0.15, -0.1) is 46.4 Å². The zero-order valence-corrected chi connectivity index (χ0v) is 16.6. The van der Waals surface area contributed by atoms with Gasteiger partial charge in [-0.3, -0.25) is 0 Å². The highest BCUT2D eigenvalue weighted by molar-refractivity contribution is 6.96.